The highest BCUT2D eigenvalue weighted by Gasteiger charge is 2.13. The number of unbranched alkanes of at least 4 members (excludes halogenated alkanes) is 13. The fourth-order valence-electron chi connectivity index (χ4n) is 5.05. The van der Waals surface area contributed by atoms with Gasteiger partial charge in [0, 0.05) is 13.0 Å². The number of esters is 1. The first kappa shape index (κ1) is 45.6. The quantitative estimate of drug-likeness (QED) is 0.0415. The molecule has 0 aliphatic heterocycles. The van der Waals surface area contributed by atoms with Gasteiger partial charge in [-0.15, -0.1) is 0 Å². The van der Waals surface area contributed by atoms with Gasteiger partial charge in [0.05, 0.1) is 13.2 Å². The van der Waals surface area contributed by atoms with Gasteiger partial charge in [0.1, 0.15) is 6.10 Å². The summed E-state index contributed by atoms with van der Waals surface area (Å²) in [6.45, 7) is 5.12. The lowest BCUT2D eigenvalue weighted by atomic mass is 10.1. The SMILES string of the molecule is CC/C=C\C/C=C\C/C=C\C/C=C\C/C=C\C/C=C\CCC(=O)OC(CO)COCCCCCCCC/C=C\CCCCCCCCC. The molecule has 4 heteroatoms. The van der Waals surface area contributed by atoms with Gasteiger partial charge in [0.25, 0.3) is 0 Å². The summed E-state index contributed by atoms with van der Waals surface area (Å²) in [5, 5.41) is 9.56. The molecule has 1 N–H and O–H groups in total. The Kier molecular flexibility index (Phi) is 38.7. The zero-order valence-electron chi connectivity index (χ0n) is 31.2. The Morgan fingerprint density at radius 3 is 1.42 bits per heavy atom. The van der Waals surface area contributed by atoms with Crippen molar-refractivity contribution < 1.29 is 19.4 Å². The molecule has 0 aromatic rings. The molecule has 0 aliphatic carbocycles. The molecule has 0 saturated carbocycles. The van der Waals surface area contributed by atoms with Crippen molar-refractivity contribution in [3.63, 3.8) is 0 Å². The third kappa shape index (κ3) is 38.0. The summed E-state index contributed by atoms with van der Waals surface area (Å²) < 4.78 is 11.1. The molecular weight excluding hydrogens is 592 g/mol. The average Bonchev–Trinajstić information content (AvgIpc) is 3.09. The van der Waals surface area contributed by atoms with Crippen molar-refractivity contribution in [1.29, 1.82) is 0 Å². The minimum atomic E-state index is -0.582. The Hall–Kier alpha value is -2.43. The molecule has 0 aliphatic rings. The van der Waals surface area contributed by atoms with Crippen LogP contribution in [-0.4, -0.2) is 37.0 Å². The third-order valence-electron chi connectivity index (χ3n) is 7.97. The van der Waals surface area contributed by atoms with Crippen molar-refractivity contribution in [1.82, 2.24) is 0 Å². The van der Waals surface area contributed by atoms with Crippen molar-refractivity contribution in [3.8, 4) is 0 Å². The van der Waals surface area contributed by atoms with Gasteiger partial charge in [-0.25, -0.2) is 0 Å². The van der Waals surface area contributed by atoms with E-state index >= 15 is 0 Å². The lowest BCUT2D eigenvalue weighted by Crippen LogP contribution is -2.27. The Morgan fingerprint density at radius 2 is 0.938 bits per heavy atom. The van der Waals surface area contributed by atoms with Crippen LogP contribution in [0.15, 0.2) is 85.1 Å². The smallest absolute Gasteiger partial charge is 0.306 e. The first-order chi connectivity index (χ1) is 23.7. The highest BCUT2D eigenvalue weighted by atomic mass is 16.6. The number of carbonyl (C=O) groups excluding carboxylic acids is 1. The van der Waals surface area contributed by atoms with Crippen LogP contribution in [0, 0.1) is 0 Å². The van der Waals surface area contributed by atoms with E-state index in [9.17, 15) is 9.90 Å². The van der Waals surface area contributed by atoms with E-state index in [-0.39, 0.29) is 19.2 Å². The molecule has 0 spiro atoms. The fraction of sp³-hybridized carbons (Fsp3) is 0.659. The molecular formula is C44H74O4. The minimum absolute atomic E-state index is 0.209. The van der Waals surface area contributed by atoms with Gasteiger partial charge in [-0.05, 0) is 77.0 Å². The Balaban J connectivity index is 3.62. The highest BCUT2D eigenvalue weighted by molar-refractivity contribution is 5.69. The maximum atomic E-state index is 12.1. The molecule has 1 unspecified atom stereocenters. The summed E-state index contributed by atoms with van der Waals surface area (Å²) in [6.07, 6.45) is 56.4. The number of carbonyl (C=O) groups is 1. The summed E-state index contributed by atoms with van der Waals surface area (Å²) in [5.74, 6) is -0.287. The van der Waals surface area contributed by atoms with Crippen LogP contribution in [0.4, 0.5) is 0 Å². The van der Waals surface area contributed by atoms with E-state index < -0.39 is 6.10 Å². The lowest BCUT2D eigenvalue weighted by Gasteiger charge is -2.15. The number of hydrogen-bond donors (Lipinski definition) is 1. The number of hydrogen-bond acceptors (Lipinski definition) is 4. The normalized spacial score (nSPS) is 13.3. The Bertz CT molecular complexity index is 876. The van der Waals surface area contributed by atoms with Crippen molar-refractivity contribution in [2.75, 3.05) is 19.8 Å². The van der Waals surface area contributed by atoms with E-state index in [1.165, 1.54) is 83.5 Å². The second kappa shape index (κ2) is 40.7. The number of ether oxygens (including phenoxy) is 2. The molecule has 0 aromatic heterocycles. The van der Waals surface area contributed by atoms with E-state index in [2.05, 4.69) is 92.8 Å². The van der Waals surface area contributed by atoms with Crippen molar-refractivity contribution in [3.05, 3.63) is 85.1 Å². The summed E-state index contributed by atoms with van der Waals surface area (Å²) in [5.41, 5.74) is 0. The summed E-state index contributed by atoms with van der Waals surface area (Å²) in [7, 11) is 0. The molecule has 0 heterocycles. The van der Waals surface area contributed by atoms with Gasteiger partial charge in [0.15, 0.2) is 0 Å². The zero-order valence-corrected chi connectivity index (χ0v) is 31.2. The van der Waals surface area contributed by atoms with E-state index in [4.69, 9.17) is 9.47 Å². The topological polar surface area (TPSA) is 55.8 Å². The third-order valence-corrected chi connectivity index (χ3v) is 7.97. The van der Waals surface area contributed by atoms with Crippen molar-refractivity contribution >= 4 is 5.97 Å². The van der Waals surface area contributed by atoms with Crippen LogP contribution in [0.2, 0.25) is 0 Å². The van der Waals surface area contributed by atoms with Crippen LogP contribution in [0.3, 0.4) is 0 Å². The first-order valence-electron chi connectivity index (χ1n) is 19.7. The number of rotatable bonds is 35. The van der Waals surface area contributed by atoms with Gasteiger partial charge in [-0.2, -0.15) is 0 Å². The summed E-state index contributed by atoms with van der Waals surface area (Å²) in [4.78, 5) is 12.1. The zero-order chi connectivity index (χ0) is 34.9. The molecule has 0 saturated heterocycles. The molecule has 0 amide bonds. The van der Waals surface area contributed by atoms with Gasteiger partial charge in [-0.1, -0.05) is 163 Å². The second-order valence-corrected chi connectivity index (χ2v) is 12.6. The van der Waals surface area contributed by atoms with Crippen LogP contribution in [0.1, 0.15) is 162 Å². The van der Waals surface area contributed by atoms with Gasteiger partial charge >= 0.3 is 5.97 Å². The molecule has 0 radical (unpaired) electrons. The number of allylic oxidation sites excluding steroid dienone is 14. The fourth-order valence-corrected chi connectivity index (χ4v) is 5.05. The van der Waals surface area contributed by atoms with E-state index in [0.717, 1.165) is 51.4 Å². The van der Waals surface area contributed by atoms with Crippen molar-refractivity contribution in [2.45, 2.75) is 168 Å². The van der Waals surface area contributed by atoms with Gasteiger partial charge in [-0.3, -0.25) is 4.79 Å². The van der Waals surface area contributed by atoms with Gasteiger partial charge < -0.3 is 14.6 Å². The number of aliphatic hydroxyl groups excluding tert-OH is 1. The maximum Gasteiger partial charge on any atom is 0.306 e. The summed E-state index contributed by atoms with van der Waals surface area (Å²) in [6, 6.07) is 0. The molecule has 0 bridgehead atoms. The predicted octanol–water partition coefficient (Wildman–Crippen LogP) is 12.8. The molecule has 1 atom stereocenters. The molecule has 0 fully saturated rings. The van der Waals surface area contributed by atoms with E-state index in [1.54, 1.807) is 0 Å². The first-order valence-corrected chi connectivity index (χ1v) is 19.7. The standard InChI is InChI=1S/C44H74O4/c1-3-5-7-9-11-13-15-17-19-21-22-23-25-27-29-31-33-35-37-39-44(46)48-43(41-45)42-47-40-38-36-34-32-30-28-26-24-20-18-16-14-12-10-8-6-4-2/h5,7,11,13,17,19-20,22-24,27,29,33,35,43,45H,3-4,6,8-10,12,14-16,18,21,25-26,28,30-32,34,36-42H2,1-2H3/b7-5-,13-11-,19-17-,23-22-,24-20-,29-27-,35-33-. The lowest BCUT2D eigenvalue weighted by molar-refractivity contribution is -0.154. The molecule has 274 valence electrons. The molecule has 0 rings (SSSR count). The summed E-state index contributed by atoms with van der Waals surface area (Å²) >= 11 is 0. The molecule has 4 nitrogen and oxygen atoms in total. The second-order valence-electron chi connectivity index (χ2n) is 12.6. The van der Waals surface area contributed by atoms with Gasteiger partial charge in [0.2, 0.25) is 0 Å². The van der Waals surface area contributed by atoms with E-state index in [1.807, 2.05) is 6.08 Å². The number of aliphatic hydroxyl groups is 1. The Labute approximate surface area is 297 Å². The van der Waals surface area contributed by atoms with Crippen LogP contribution in [0.25, 0.3) is 0 Å². The minimum Gasteiger partial charge on any atom is -0.457 e. The van der Waals surface area contributed by atoms with Crippen LogP contribution in [-0.2, 0) is 14.3 Å². The largest absolute Gasteiger partial charge is 0.457 e. The highest BCUT2D eigenvalue weighted by Crippen LogP contribution is 2.11. The molecule has 0 aromatic carbocycles. The average molecular weight is 667 g/mol. The van der Waals surface area contributed by atoms with Crippen LogP contribution < -0.4 is 0 Å². The van der Waals surface area contributed by atoms with E-state index in [0.29, 0.717) is 19.4 Å². The molecule has 48 heavy (non-hydrogen) atoms. The van der Waals surface area contributed by atoms with Crippen LogP contribution >= 0.6 is 0 Å². The monoisotopic (exact) mass is 667 g/mol. The maximum absolute atomic E-state index is 12.1. The Morgan fingerprint density at radius 1 is 0.521 bits per heavy atom. The predicted molar refractivity (Wildman–Crippen MR) is 209 cm³/mol. The van der Waals surface area contributed by atoms with Crippen LogP contribution in [0.5, 0.6) is 0 Å². The van der Waals surface area contributed by atoms with Crippen molar-refractivity contribution in [2.24, 2.45) is 0 Å².